The van der Waals surface area contributed by atoms with Crippen LogP contribution in [0.1, 0.15) is 33.1 Å². The van der Waals surface area contributed by atoms with Gasteiger partial charge in [-0.15, -0.1) is 0 Å². The van der Waals surface area contributed by atoms with Gasteiger partial charge in [-0.2, -0.15) is 0 Å². The Balaban J connectivity index is 2.24. The van der Waals surface area contributed by atoms with Crippen LogP contribution in [0, 0.1) is 0 Å². The highest BCUT2D eigenvalue weighted by Crippen LogP contribution is 2.21. The van der Waals surface area contributed by atoms with E-state index in [1.807, 2.05) is 13.8 Å². The van der Waals surface area contributed by atoms with Crippen LogP contribution in [0.15, 0.2) is 0 Å². The van der Waals surface area contributed by atoms with Gasteiger partial charge in [0.1, 0.15) is 0 Å². The molecule has 0 aliphatic heterocycles. The van der Waals surface area contributed by atoms with E-state index < -0.39 is 0 Å². The third kappa shape index (κ3) is 4.18. The molecule has 2 N–H and O–H groups in total. The molecule has 2 atom stereocenters. The Morgan fingerprint density at radius 2 is 2.20 bits per heavy atom. The maximum Gasteiger partial charge on any atom is 0.234 e. The van der Waals surface area contributed by atoms with E-state index in [9.17, 15) is 4.79 Å². The van der Waals surface area contributed by atoms with Crippen molar-refractivity contribution in [3.05, 3.63) is 0 Å². The molecule has 1 aliphatic carbocycles. The maximum atomic E-state index is 11.5. The summed E-state index contributed by atoms with van der Waals surface area (Å²) in [5.41, 5.74) is 0. The van der Waals surface area contributed by atoms with E-state index in [-0.39, 0.29) is 18.1 Å². The molecule has 1 rings (SSSR count). The molecular formula is C11H22N2O2. The van der Waals surface area contributed by atoms with Crippen LogP contribution in [-0.2, 0) is 9.53 Å². The molecule has 1 amide bonds. The minimum Gasteiger partial charge on any atom is -0.379 e. The standard InChI is InChI=1S/C11H22N2O2/c1-8(2)12-7-11(14)13-9-5-4-6-10(9)15-3/h8-10,12H,4-7H2,1-3H3,(H,13,14). The van der Waals surface area contributed by atoms with Gasteiger partial charge in [0, 0.05) is 13.2 Å². The number of ether oxygens (including phenoxy) is 1. The second kappa shape index (κ2) is 6.08. The summed E-state index contributed by atoms with van der Waals surface area (Å²) in [5, 5.41) is 6.11. The molecule has 0 heterocycles. The topological polar surface area (TPSA) is 50.4 Å². The van der Waals surface area contributed by atoms with E-state index in [1.54, 1.807) is 7.11 Å². The molecule has 0 aromatic heterocycles. The van der Waals surface area contributed by atoms with Gasteiger partial charge >= 0.3 is 0 Å². The number of amides is 1. The monoisotopic (exact) mass is 214 g/mol. The van der Waals surface area contributed by atoms with Crippen molar-refractivity contribution in [2.45, 2.75) is 51.3 Å². The third-order valence-corrected chi connectivity index (χ3v) is 2.77. The summed E-state index contributed by atoms with van der Waals surface area (Å²) >= 11 is 0. The summed E-state index contributed by atoms with van der Waals surface area (Å²) in [7, 11) is 1.71. The molecule has 0 bridgehead atoms. The fourth-order valence-electron chi connectivity index (χ4n) is 1.93. The van der Waals surface area contributed by atoms with Gasteiger partial charge in [-0.05, 0) is 19.3 Å². The van der Waals surface area contributed by atoms with Crippen molar-refractivity contribution in [1.29, 1.82) is 0 Å². The zero-order chi connectivity index (χ0) is 11.3. The van der Waals surface area contributed by atoms with Crippen LogP contribution in [0.2, 0.25) is 0 Å². The van der Waals surface area contributed by atoms with E-state index in [2.05, 4.69) is 10.6 Å². The number of rotatable bonds is 5. The minimum absolute atomic E-state index is 0.0673. The molecule has 1 saturated carbocycles. The zero-order valence-corrected chi connectivity index (χ0v) is 9.88. The molecule has 1 aliphatic rings. The highest BCUT2D eigenvalue weighted by molar-refractivity contribution is 5.78. The van der Waals surface area contributed by atoms with E-state index >= 15 is 0 Å². The molecule has 0 saturated heterocycles. The van der Waals surface area contributed by atoms with Crippen LogP contribution in [0.5, 0.6) is 0 Å². The SMILES string of the molecule is COC1CCCC1NC(=O)CNC(C)C. The molecule has 4 nitrogen and oxygen atoms in total. The van der Waals surface area contributed by atoms with Gasteiger partial charge in [0.05, 0.1) is 18.7 Å². The molecule has 15 heavy (non-hydrogen) atoms. The Kier molecular flexibility index (Phi) is 5.05. The van der Waals surface area contributed by atoms with Crippen LogP contribution in [-0.4, -0.2) is 37.7 Å². The Labute approximate surface area is 91.8 Å². The van der Waals surface area contributed by atoms with Crippen molar-refractivity contribution in [3.8, 4) is 0 Å². The van der Waals surface area contributed by atoms with Crippen LogP contribution >= 0.6 is 0 Å². The first kappa shape index (κ1) is 12.5. The van der Waals surface area contributed by atoms with Crippen molar-refractivity contribution in [2.75, 3.05) is 13.7 Å². The quantitative estimate of drug-likeness (QED) is 0.707. The van der Waals surface area contributed by atoms with E-state index in [0.29, 0.717) is 12.6 Å². The first-order valence-electron chi connectivity index (χ1n) is 5.69. The zero-order valence-electron chi connectivity index (χ0n) is 9.88. The average molecular weight is 214 g/mol. The maximum absolute atomic E-state index is 11.5. The Morgan fingerprint density at radius 1 is 1.47 bits per heavy atom. The van der Waals surface area contributed by atoms with Gasteiger partial charge in [0.2, 0.25) is 5.91 Å². The predicted molar refractivity (Wildman–Crippen MR) is 59.7 cm³/mol. The summed E-state index contributed by atoms with van der Waals surface area (Å²) in [6.45, 7) is 4.45. The number of methoxy groups -OCH3 is 1. The lowest BCUT2D eigenvalue weighted by atomic mass is 10.2. The Morgan fingerprint density at radius 3 is 2.80 bits per heavy atom. The van der Waals surface area contributed by atoms with Crippen molar-refractivity contribution in [1.82, 2.24) is 10.6 Å². The number of carbonyl (C=O) groups excluding carboxylic acids is 1. The molecule has 0 radical (unpaired) electrons. The summed E-state index contributed by atoms with van der Waals surface area (Å²) in [6.07, 6.45) is 3.43. The van der Waals surface area contributed by atoms with Crippen LogP contribution in [0.4, 0.5) is 0 Å². The molecule has 0 aromatic carbocycles. The van der Waals surface area contributed by atoms with Crippen LogP contribution in [0.25, 0.3) is 0 Å². The number of hydrogen-bond acceptors (Lipinski definition) is 3. The van der Waals surface area contributed by atoms with Crippen LogP contribution in [0.3, 0.4) is 0 Å². The fourth-order valence-corrected chi connectivity index (χ4v) is 1.93. The number of nitrogens with one attached hydrogen (secondary N) is 2. The first-order valence-corrected chi connectivity index (χ1v) is 5.69. The van der Waals surface area contributed by atoms with Gasteiger partial charge in [-0.1, -0.05) is 13.8 Å². The van der Waals surface area contributed by atoms with Crippen molar-refractivity contribution >= 4 is 5.91 Å². The van der Waals surface area contributed by atoms with E-state index in [4.69, 9.17) is 4.74 Å². The molecule has 4 heteroatoms. The van der Waals surface area contributed by atoms with Crippen molar-refractivity contribution in [3.63, 3.8) is 0 Å². The van der Waals surface area contributed by atoms with Crippen molar-refractivity contribution in [2.24, 2.45) is 0 Å². The average Bonchev–Trinajstić information content (AvgIpc) is 2.62. The highest BCUT2D eigenvalue weighted by atomic mass is 16.5. The Hall–Kier alpha value is -0.610. The summed E-state index contributed by atoms with van der Waals surface area (Å²) in [6, 6.07) is 0.550. The number of carbonyl (C=O) groups is 1. The summed E-state index contributed by atoms with van der Waals surface area (Å²) < 4.78 is 5.32. The second-order valence-electron chi connectivity index (χ2n) is 4.41. The third-order valence-electron chi connectivity index (χ3n) is 2.77. The minimum atomic E-state index is 0.0673. The van der Waals surface area contributed by atoms with Gasteiger partial charge in [-0.3, -0.25) is 4.79 Å². The van der Waals surface area contributed by atoms with Gasteiger partial charge in [-0.25, -0.2) is 0 Å². The highest BCUT2D eigenvalue weighted by Gasteiger charge is 2.28. The van der Waals surface area contributed by atoms with Gasteiger partial charge in [0.25, 0.3) is 0 Å². The van der Waals surface area contributed by atoms with Crippen molar-refractivity contribution < 1.29 is 9.53 Å². The van der Waals surface area contributed by atoms with Gasteiger partial charge in [0.15, 0.2) is 0 Å². The lowest BCUT2D eigenvalue weighted by Gasteiger charge is -2.20. The molecule has 0 aromatic rings. The molecule has 1 fully saturated rings. The molecule has 88 valence electrons. The van der Waals surface area contributed by atoms with Gasteiger partial charge < -0.3 is 15.4 Å². The normalized spacial score (nSPS) is 25.9. The van der Waals surface area contributed by atoms with E-state index in [1.165, 1.54) is 0 Å². The largest absolute Gasteiger partial charge is 0.379 e. The van der Waals surface area contributed by atoms with Crippen LogP contribution < -0.4 is 10.6 Å². The molecule has 0 spiro atoms. The molecular weight excluding hydrogens is 192 g/mol. The fraction of sp³-hybridized carbons (Fsp3) is 0.909. The van der Waals surface area contributed by atoms with E-state index in [0.717, 1.165) is 19.3 Å². The lowest BCUT2D eigenvalue weighted by molar-refractivity contribution is -0.121. The Bertz CT molecular complexity index is 207. The lowest BCUT2D eigenvalue weighted by Crippen LogP contribution is -2.45. The molecule has 2 unspecified atom stereocenters. The summed E-state index contributed by atoms with van der Waals surface area (Å²) in [4.78, 5) is 11.5. The number of hydrogen-bond donors (Lipinski definition) is 2. The second-order valence-corrected chi connectivity index (χ2v) is 4.41. The first-order chi connectivity index (χ1) is 7.13. The predicted octanol–water partition coefficient (Wildman–Crippen LogP) is 0.668. The summed E-state index contributed by atoms with van der Waals surface area (Å²) in [5.74, 6) is 0.0673. The smallest absolute Gasteiger partial charge is 0.234 e.